The Balaban J connectivity index is 4.75. The van der Waals surface area contributed by atoms with Gasteiger partial charge in [0, 0.05) is 5.41 Å². The van der Waals surface area contributed by atoms with Crippen molar-refractivity contribution in [3.05, 3.63) is 23.8 Å². The quantitative estimate of drug-likeness (QED) is 0.504. The number of nitriles is 2. The van der Waals surface area contributed by atoms with Crippen LogP contribution in [0.3, 0.4) is 0 Å². The van der Waals surface area contributed by atoms with E-state index in [1.165, 1.54) is 0 Å². The van der Waals surface area contributed by atoms with Crippen molar-refractivity contribution in [2.24, 2.45) is 11.3 Å². The van der Waals surface area contributed by atoms with Crippen molar-refractivity contribution in [1.29, 1.82) is 10.5 Å². The molecule has 0 amide bonds. The normalized spacial score (nSPS) is 11.1. The maximum atomic E-state index is 8.60. The highest BCUT2D eigenvalue weighted by Gasteiger charge is 2.11. The molecule has 0 aliphatic carbocycles. The Morgan fingerprint density at radius 2 is 1.71 bits per heavy atom. The van der Waals surface area contributed by atoms with Gasteiger partial charge in [0.15, 0.2) is 0 Å². The molecule has 0 atom stereocenters. The molecule has 14 heavy (non-hydrogen) atoms. The first kappa shape index (κ1) is 12.5. The number of hydrogen-bond donors (Lipinski definition) is 0. The van der Waals surface area contributed by atoms with Gasteiger partial charge in [0.05, 0.1) is 0 Å². The van der Waals surface area contributed by atoms with Crippen molar-refractivity contribution in [3.8, 4) is 12.1 Å². The molecule has 0 aromatic carbocycles. The van der Waals surface area contributed by atoms with Gasteiger partial charge in [-0.25, -0.2) is 0 Å². The maximum absolute atomic E-state index is 8.60. The van der Waals surface area contributed by atoms with Gasteiger partial charge in [-0.1, -0.05) is 39.8 Å². The van der Waals surface area contributed by atoms with E-state index in [-0.39, 0.29) is 11.0 Å². The van der Waals surface area contributed by atoms with Crippen LogP contribution in [-0.4, -0.2) is 0 Å². The molecular weight excluding hydrogens is 172 g/mol. The molecule has 0 spiro atoms. The summed E-state index contributed by atoms with van der Waals surface area (Å²) in [5.41, 5.74) is -0.0613. The third-order valence-electron chi connectivity index (χ3n) is 1.67. The molecule has 0 N–H and O–H groups in total. The maximum Gasteiger partial charge on any atom is 0.126 e. The molecule has 0 saturated carbocycles. The molecule has 2 nitrogen and oxygen atoms in total. The standard InChI is InChI=1S/C12H16N2/c1-10(2)5-6-12(3,4)7-11(8-13)9-14/h5-7,10H,1-4H3/b6-5+. The second kappa shape index (κ2) is 5.25. The highest BCUT2D eigenvalue weighted by Crippen LogP contribution is 2.21. The molecule has 2 heteroatoms. The fourth-order valence-corrected chi connectivity index (χ4v) is 0.950. The van der Waals surface area contributed by atoms with Crippen molar-refractivity contribution in [3.63, 3.8) is 0 Å². The van der Waals surface area contributed by atoms with E-state index < -0.39 is 0 Å². The predicted molar refractivity (Wildman–Crippen MR) is 57.1 cm³/mol. The molecule has 0 aliphatic rings. The molecule has 74 valence electrons. The van der Waals surface area contributed by atoms with Crippen molar-refractivity contribution in [2.45, 2.75) is 27.7 Å². The average molecular weight is 188 g/mol. The molecule has 0 aliphatic heterocycles. The summed E-state index contributed by atoms with van der Waals surface area (Å²) in [6.07, 6.45) is 5.78. The first-order valence-electron chi connectivity index (χ1n) is 4.63. The first-order valence-corrected chi connectivity index (χ1v) is 4.63. The van der Waals surface area contributed by atoms with Crippen molar-refractivity contribution in [1.82, 2.24) is 0 Å². The van der Waals surface area contributed by atoms with Gasteiger partial charge in [0.25, 0.3) is 0 Å². The lowest BCUT2D eigenvalue weighted by Gasteiger charge is -2.14. The van der Waals surface area contributed by atoms with E-state index in [1.807, 2.05) is 32.1 Å². The van der Waals surface area contributed by atoms with E-state index in [9.17, 15) is 0 Å². The molecule has 0 bridgehead atoms. The van der Waals surface area contributed by atoms with Gasteiger partial charge < -0.3 is 0 Å². The Labute approximate surface area is 86.2 Å². The topological polar surface area (TPSA) is 47.6 Å². The molecule has 0 rings (SSSR count). The summed E-state index contributed by atoms with van der Waals surface area (Å²) < 4.78 is 0. The highest BCUT2D eigenvalue weighted by molar-refractivity contribution is 5.37. The molecule has 0 aromatic heterocycles. The van der Waals surface area contributed by atoms with Crippen LogP contribution in [0, 0.1) is 34.0 Å². The molecule has 0 unspecified atom stereocenters. The van der Waals surface area contributed by atoms with Crippen LogP contribution in [0.15, 0.2) is 23.8 Å². The molecule has 0 heterocycles. The molecule has 0 radical (unpaired) electrons. The molecule has 0 fully saturated rings. The first-order chi connectivity index (χ1) is 6.41. The third kappa shape index (κ3) is 5.17. The Bertz CT molecular complexity index is 303. The summed E-state index contributed by atoms with van der Waals surface area (Å²) in [5.74, 6) is 0.482. The van der Waals surface area contributed by atoms with Crippen LogP contribution >= 0.6 is 0 Å². The summed E-state index contributed by atoms with van der Waals surface area (Å²) >= 11 is 0. The van der Waals surface area contributed by atoms with Crippen LogP contribution in [0.25, 0.3) is 0 Å². The van der Waals surface area contributed by atoms with Crippen LogP contribution in [-0.2, 0) is 0 Å². The van der Waals surface area contributed by atoms with Crippen molar-refractivity contribution >= 4 is 0 Å². The summed E-state index contributed by atoms with van der Waals surface area (Å²) in [6, 6.07) is 3.72. The summed E-state index contributed by atoms with van der Waals surface area (Å²) in [4.78, 5) is 0. The number of allylic oxidation sites excluding steroid dienone is 4. The van der Waals surface area contributed by atoms with Crippen LogP contribution in [0.2, 0.25) is 0 Å². The Hall–Kier alpha value is -1.54. The second-order valence-electron chi connectivity index (χ2n) is 4.21. The lowest BCUT2D eigenvalue weighted by Crippen LogP contribution is -2.04. The molecule has 0 saturated heterocycles. The predicted octanol–water partition coefficient (Wildman–Crippen LogP) is 3.20. The summed E-state index contributed by atoms with van der Waals surface area (Å²) in [6.45, 7) is 8.12. The minimum atomic E-state index is -0.231. The van der Waals surface area contributed by atoms with E-state index in [2.05, 4.69) is 19.9 Å². The lowest BCUT2D eigenvalue weighted by atomic mass is 9.89. The van der Waals surface area contributed by atoms with E-state index >= 15 is 0 Å². The molecule has 0 aromatic rings. The number of nitrogens with zero attached hydrogens (tertiary/aromatic N) is 2. The van der Waals surface area contributed by atoms with E-state index in [0.717, 1.165) is 0 Å². The average Bonchev–Trinajstić information content (AvgIpc) is 2.11. The smallest absolute Gasteiger partial charge is 0.126 e. The van der Waals surface area contributed by atoms with Crippen LogP contribution in [0.5, 0.6) is 0 Å². The van der Waals surface area contributed by atoms with Gasteiger partial charge in [0.1, 0.15) is 17.7 Å². The Morgan fingerprint density at radius 1 is 1.21 bits per heavy atom. The van der Waals surface area contributed by atoms with Gasteiger partial charge >= 0.3 is 0 Å². The van der Waals surface area contributed by atoms with E-state index in [4.69, 9.17) is 10.5 Å². The fraction of sp³-hybridized carbons (Fsp3) is 0.500. The zero-order valence-corrected chi connectivity index (χ0v) is 9.20. The lowest BCUT2D eigenvalue weighted by molar-refractivity contribution is 0.615. The van der Waals surface area contributed by atoms with E-state index in [1.54, 1.807) is 6.08 Å². The molecular formula is C12H16N2. The largest absolute Gasteiger partial charge is 0.192 e. The SMILES string of the molecule is CC(C)/C=C/C(C)(C)C=C(C#N)C#N. The van der Waals surface area contributed by atoms with Gasteiger partial charge in [-0.05, 0) is 12.0 Å². The second-order valence-corrected chi connectivity index (χ2v) is 4.21. The van der Waals surface area contributed by atoms with E-state index in [0.29, 0.717) is 5.92 Å². The van der Waals surface area contributed by atoms with Crippen molar-refractivity contribution in [2.75, 3.05) is 0 Å². The zero-order chi connectivity index (χ0) is 11.2. The Morgan fingerprint density at radius 3 is 2.07 bits per heavy atom. The Kier molecular flexibility index (Phi) is 4.67. The van der Waals surface area contributed by atoms with Gasteiger partial charge in [0.2, 0.25) is 0 Å². The number of hydrogen-bond acceptors (Lipinski definition) is 2. The van der Waals surface area contributed by atoms with Crippen LogP contribution in [0.1, 0.15) is 27.7 Å². The minimum absolute atomic E-state index is 0.170. The van der Waals surface area contributed by atoms with Crippen LogP contribution < -0.4 is 0 Å². The van der Waals surface area contributed by atoms with Gasteiger partial charge in [-0.3, -0.25) is 0 Å². The summed E-state index contributed by atoms with van der Waals surface area (Å²) in [7, 11) is 0. The monoisotopic (exact) mass is 188 g/mol. The van der Waals surface area contributed by atoms with Crippen molar-refractivity contribution < 1.29 is 0 Å². The minimum Gasteiger partial charge on any atom is -0.192 e. The summed E-state index contributed by atoms with van der Waals surface area (Å²) in [5, 5.41) is 17.2. The fourth-order valence-electron chi connectivity index (χ4n) is 0.950. The zero-order valence-electron chi connectivity index (χ0n) is 9.20. The van der Waals surface area contributed by atoms with Gasteiger partial charge in [-0.2, -0.15) is 10.5 Å². The van der Waals surface area contributed by atoms with Crippen LogP contribution in [0.4, 0.5) is 0 Å². The third-order valence-corrected chi connectivity index (χ3v) is 1.67. The highest BCUT2D eigenvalue weighted by atomic mass is 14.3. The number of rotatable bonds is 3. The van der Waals surface area contributed by atoms with Gasteiger partial charge in [-0.15, -0.1) is 0 Å².